The van der Waals surface area contributed by atoms with Crippen LogP contribution >= 0.6 is 34.8 Å². The molecule has 0 spiro atoms. The number of carboxylic acids is 1. The van der Waals surface area contributed by atoms with E-state index < -0.39 is 17.8 Å². The molecule has 2 aromatic carbocycles. The number of hydrogen-bond acceptors (Lipinski definition) is 6. The molecular formula is C20H15IN2O6S. The van der Waals surface area contributed by atoms with Gasteiger partial charge in [0, 0.05) is 0 Å². The fourth-order valence-electron chi connectivity index (χ4n) is 2.64. The van der Waals surface area contributed by atoms with E-state index in [4.69, 9.17) is 26.8 Å². The highest BCUT2D eigenvalue weighted by molar-refractivity contribution is 14.1. The minimum Gasteiger partial charge on any atom is -0.493 e. The molecule has 1 saturated heterocycles. The van der Waals surface area contributed by atoms with Gasteiger partial charge in [-0.15, -0.1) is 0 Å². The molecule has 0 saturated carbocycles. The number of thiocarbonyl (C=S) groups is 1. The monoisotopic (exact) mass is 538 g/mol. The summed E-state index contributed by atoms with van der Waals surface area (Å²) >= 11 is 6.85. The van der Waals surface area contributed by atoms with Gasteiger partial charge in [-0.3, -0.25) is 20.2 Å². The van der Waals surface area contributed by atoms with E-state index in [0.29, 0.717) is 20.6 Å². The summed E-state index contributed by atoms with van der Waals surface area (Å²) in [5.74, 6) is -1.25. The molecule has 0 aliphatic carbocycles. The summed E-state index contributed by atoms with van der Waals surface area (Å²) in [5, 5.41) is 13.7. The second-order valence-corrected chi connectivity index (χ2v) is 7.69. The van der Waals surface area contributed by atoms with Gasteiger partial charge in [0.25, 0.3) is 11.8 Å². The van der Waals surface area contributed by atoms with E-state index in [2.05, 4.69) is 33.2 Å². The average Bonchev–Trinajstić information content (AvgIpc) is 2.69. The molecular weight excluding hydrogens is 523 g/mol. The van der Waals surface area contributed by atoms with Gasteiger partial charge in [0.15, 0.2) is 16.6 Å². The Hall–Kier alpha value is -2.99. The summed E-state index contributed by atoms with van der Waals surface area (Å²) in [4.78, 5) is 35.0. The molecule has 30 heavy (non-hydrogen) atoms. The summed E-state index contributed by atoms with van der Waals surface area (Å²) in [6.45, 7) is 0.203. The zero-order valence-corrected chi connectivity index (χ0v) is 18.5. The number of aromatic carboxylic acids is 1. The van der Waals surface area contributed by atoms with Gasteiger partial charge in [0.2, 0.25) is 0 Å². The maximum absolute atomic E-state index is 12.0. The van der Waals surface area contributed by atoms with Crippen LogP contribution in [0.3, 0.4) is 0 Å². The molecule has 0 bridgehead atoms. The number of rotatable bonds is 6. The Morgan fingerprint density at radius 1 is 1.17 bits per heavy atom. The van der Waals surface area contributed by atoms with Crippen LogP contribution in [0.2, 0.25) is 0 Å². The summed E-state index contributed by atoms with van der Waals surface area (Å²) in [5.41, 5.74) is 1.48. The smallest absolute Gasteiger partial charge is 0.335 e. The van der Waals surface area contributed by atoms with Gasteiger partial charge in [-0.05, 0) is 76.3 Å². The molecule has 1 aliphatic heterocycles. The van der Waals surface area contributed by atoms with Gasteiger partial charge in [-0.1, -0.05) is 12.1 Å². The molecule has 1 fully saturated rings. The van der Waals surface area contributed by atoms with Crippen LogP contribution in [0.15, 0.2) is 42.0 Å². The number of benzene rings is 2. The van der Waals surface area contributed by atoms with Crippen LogP contribution in [0, 0.1) is 3.57 Å². The van der Waals surface area contributed by atoms with Crippen molar-refractivity contribution < 1.29 is 29.0 Å². The first-order valence-corrected chi connectivity index (χ1v) is 9.98. The van der Waals surface area contributed by atoms with E-state index in [-0.39, 0.29) is 22.9 Å². The average molecular weight is 538 g/mol. The fourth-order valence-corrected chi connectivity index (χ4v) is 3.60. The number of halogens is 1. The molecule has 3 N–H and O–H groups in total. The predicted molar refractivity (Wildman–Crippen MR) is 120 cm³/mol. The van der Waals surface area contributed by atoms with Crippen molar-refractivity contribution in [1.29, 1.82) is 0 Å². The number of hydrogen-bond donors (Lipinski definition) is 3. The van der Waals surface area contributed by atoms with Crippen molar-refractivity contribution in [3.63, 3.8) is 0 Å². The number of nitrogens with one attached hydrogen (secondary N) is 2. The van der Waals surface area contributed by atoms with Crippen LogP contribution in [0.25, 0.3) is 6.08 Å². The summed E-state index contributed by atoms with van der Waals surface area (Å²) in [7, 11) is 1.48. The van der Waals surface area contributed by atoms with Crippen molar-refractivity contribution in [3.8, 4) is 11.5 Å². The Labute approximate surface area is 190 Å². The maximum atomic E-state index is 12.0. The quantitative estimate of drug-likeness (QED) is 0.224. The second-order valence-electron chi connectivity index (χ2n) is 6.12. The predicted octanol–water partition coefficient (Wildman–Crippen LogP) is 2.49. The standard InChI is InChI=1S/C20H15IN2O6S/c1-28-15-8-11(6-13-17(24)22-20(30)23-18(13)25)7-14(21)16(15)29-9-10-2-4-12(5-3-10)19(26)27/h2-8H,9H2,1H3,(H,26,27)(H2,22,23,24,25,30). The normalized spacial score (nSPS) is 13.4. The van der Waals surface area contributed by atoms with Gasteiger partial charge in [-0.2, -0.15) is 0 Å². The molecule has 8 nitrogen and oxygen atoms in total. The van der Waals surface area contributed by atoms with Crippen molar-refractivity contribution in [2.45, 2.75) is 6.61 Å². The first-order valence-electron chi connectivity index (χ1n) is 8.49. The van der Waals surface area contributed by atoms with E-state index in [1.807, 2.05) is 0 Å². The molecule has 2 amide bonds. The highest BCUT2D eigenvalue weighted by Crippen LogP contribution is 2.35. The minimum atomic E-state index is -0.995. The molecule has 2 aromatic rings. The van der Waals surface area contributed by atoms with Crippen LogP contribution in [-0.4, -0.2) is 35.1 Å². The zero-order chi connectivity index (χ0) is 21.8. The summed E-state index contributed by atoms with van der Waals surface area (Å²) < 4.78 is 12.0. The molecule has 10 heteroatoms. The first kappa shape index (κ1) is 21.7. The molecule has 1 heterocycles. The van der Waals surface area contributed by atoms with Gasteiger partial charge >= 0.3 is 5.97 Å². The highest BCUT2D eigenvalue weighted by Gasteiger charge is 2.26. The van der Waals surface area contributed by atoms with Crippen LogP contribution in [-0.2, 0) is 16.2 Å². The van der Waals surface area contributed by atoms with Gasteiger partial charge < -0.3 is 14.6 Å². The largest absolute Gasteiger partial charge is 0.493 e. The SMILES string of the molecule is COc1cc(C=C2C(=O)NC(=S)NC2=O)cc(I)c1OCc1ccc(C(=O)O)cc1. The third-order valence-electron chi connectivity index (χ3n) is 4.09. The Bertz CT molecular complexity index is 1060. The Balaban J connectivity index is 1.83. The zero-order valence-electron chi connectivity index (χ0n) is 15.5. The Morgan fingerprint density at radius 2 is 1.80 bits per heavy atom. The topological polar surface area (TPSA) is 114 Å². The van der Waals surface area contributed by atoms with Gasteiger partial charge in [0.1, 0.15) is 12.2 Å². The summed E-state index contributed by atoms with van der Waals surface area (Å²) in [6.07, 6.45) is 1.44. The van der Waals surface area contributed by atoms with Crippen molar-refractivity contribution in [2.75, 3.05) is 7.11 Å². The van der Waals surface area contributed by atoms with Crippen LogP contribution in [0.5, 0.6) is 11.5 Å². The van der Waals surface area contributed by atoms with E-state index in [1.54, 1.807) is 24.3 Å². The second kappa shape index (κ2) is 9.22. The minimum absolute atomic E-state index is 0.0329. The maximum Gasteiger partial charge on any atom is 0.335 e. The lowest BCUT2D eigenvalue weighted by molar-refractivity contribution is -0.123. The summed E-state index contributed by atoms with van der Waals surface area (Å²) in [6, 6.07) is 9.74. The lowest BCUT2D eigenvalue weighted by atomic mass is 10.1. The van der Waals surface area contributed by atoms with Crippen LogP contribution in [0.4, 0.5) is 0 Å². The number of amides is 2. The van der Waals surface area contributed by atoms with E-state index in [1.165, 1.54) is 25.3 Å². The number of carbonyl (C=O) groups excluding carboxylic acids is 2. The third kappa shape index (κ3) is 4.94. The first-order chi connectivity index (χ1) is 14.3. The molecule has 1 aliphatic rings. The molecule has 0 atom stereocenters. The molecule has 0 radical (unpaired) electrons. The van der Waals surface area contributed by atoms with Gasteiger partial charge in [0.05, 0.1) is 16.2 Å². The number of carboxylic acid groups (broad SMARTS) is 1. The number of ether oxygens (including phenoxy) is 2. The lowest BCUT2D eigenvalue weighted by Gasteiger charge is -2.17. The molecule has 0 aromatic heterocycles. The van der Waals surface area contributed by atoms with Crippen molar-refractivity contribution in [1.82, 2.24) is 10.6 Å². The number of methoxy groups -OCH3 is 1. The fraction of sp³-hybridized carbons (Fsp3) is 0.100. The Kier molecular flexibility index (Phi) is 6.67. The third-order valence-corrected chi connectivity index (χ3v) is 5.10. The molecule has 0 unspecified atom stereocenters. The van der Waals surface area contributed by atoms with Gasteiger partial charge in [-0.25, -0.2) is 4.79 Å². The van der Waals surface area contributed by atoms with Crippen LogP contribution in [0.1, 0.15) is 21.5 Å². The number of carbonyl (C=O) groups is 3. The molecule has 3 rings (SSSR count). The highest BCUT2D eigenvalue weighted by atomic mass is 127. The lowest BCUT2D eigenvalue weighted by Crippen LogP contribution is -2.51. The van der Waals surface area contributed by atoms with E-state index in [0.717, 1.165) is 5.56 Å². The van der Waals surface area contributed by atoms with Crippen molar-refractivity contribution >= 4 is 63.8 Å². The van der Waals surface area contributed by atoms with Crippen molar-refractivity contribution in [2.24, 2.45) is 0 Å². The van der Waals surface area contributed by atoms with E-state index >= 15 is 0 Å². The van der Waals surface area contributed by atoms with E-state index in [9.17, 15) is 14.4 Å². The molecule has 154 valence electrons. The van der Waals surface area contributed by atoms with Crippen LogP contribution < -0.4 is 20.1 Å². The van der Waals surface area contributed by atoms with Crippen molar-refractivity contribution in [3.05, 3.63) is 62.2 Å². The Morgan fingerprint density at radius 3 is 2.37 bits per heavy atom.